The maximum absolute atomic E-state index is 12.1. The molecule has 0 atom stereocenters. The molecule has 0 saturated heterocycles. The van der Waals surface area contributed by atoms with Gasteiger partial charge in [0.2, 0.25) is 5.89 Å². The molecule has 2 amide bonds. The van der Waals surface area contributed by atoms with Crippen LogP contribution in [0.5, 0.6) is 11.5 Å². The van der Waals surface area contributed by atoms with Crippen LogP contribution in [-0.2, 0) is 6.42 Å². The van der Waals surface area contributed by atoms with Crippen LogP contribution < -0.4 is 20.1 Å². The van der Waals surface area contributed by atoms with Crippen molar-refractivity contribution in [2.45, 2.75) is 32.6 Å². The van der Waals surface area contributed by atoms with E-state index in [4.69, 9.17) is 14.0 Å². The third kappa shape index (κ3) is 4.66. The van der Waals surface area contributed by atoms with E-state index in [1.165, 1.54) is 0 Å². The summed E-state index contributed by atoms with van der Waals surface area (Å²) in [5, 5.41) is 9.52. The fraction of sp³-hybridized carbons (Fsp3) is 0.471. The summed E-state index contributed by atoms with van der Waals surface area (Å²) >= 11 is 3.42. The number of nitrogens with one attached hydrogen (secondary N) is 2. The smallest absolute Gasteiger partial charge is 0.319 e. The van der Waals surface area contributed by atoms with E-state index in [0.29, 0.717) is 61.5 Å². The zero-order valence-corrected chi connectivity index (χ0v) is 16.3. The number of carbonyl (C=O) groups is 1. The van der Waals surface area contributed by atoms with Crippen LogP contribution >= 0.6 is 15.9 Å². The van der Waals surface area contributed by atoms with Gasteiger partial charge >= 0.3 is 6.03 Å². The summed E-state index contributed by atoms with van der Waals surface area (Å²) in [4.78, 5) is 16.4. The van der Waals surface area contributed by atoms with Gasteiger partial charge in [0, 0.05) is 35.5 Å². The van der Waals surface area contributed by atoms with E-state index in [1.807, 2.05) is 13.8 Å². The third-order valence-electron chi connectivity index (χ3n) is 3.73. The lowest BCUT2D eigenvalue weighted by atomic mass is 10.2. The van der Waals surface area contributed by atoms with Crippen molar-refractivity contribution in [3.63, 3.8) is 0 Å². The van der Waals surface area contributed by atoms with Gasteiger partial charge in [0.25, 0.3) is 0 Å². The number of ether oxygens (including phenoxy) is 2. The number of carbonyl (C=O) groups excluding carboxylic acids is 1. The summed E-state index contributed by atoms with van der Waals surface area (Å²) < 4.78 is 16.9. The minimum absolute atomic E-state index is 0.237. The Labute approximate surface area is 159 Å². The molecule has 0 aliphatic carbocycles. The number of benzene rings is 1. The molecule has 2 aromatic rings. The van der Waals surface area contributed by atoms with Crippen molar-refractivity contribution in [3.8, 4) is 11.5 Å². The second-order valence-corrected chi connectivity index (χ2v) is 7.02. The molecule has 1 aliphatic rings. The topological polar surface area (TPSA) is 98.5 Å². The number of aromatic nitrogens is 2. The van der Waals surface area contributed by atoms with Crippen molar-refractivity contribution < 1.29 is 18.8 Å². The molecule has 2 N–H and O–H groups in total. The van der Waals surface area contributed by atoms with E-state index >= 15 is 0 Å². The minimum Gasteiger partial charge on any atom is -0.486 e. The van der Waals surface area contributed by atoms with Gasteiger partial charge in [-0.15, -0.1) is 0 Å². The van der Waals surface area contributed by atoms with Gasteiger partial charge in [-0.1, -0.05) is 19.0 Å². The molecule has 26 heavy (non-hydrogen) atoms. The van der Waals surface area contributed by atoms with Crippen molar-refractivity contribution in [2.75, 3.05) is 25.1 Å². The molecular weight excluding hydrogens is 404 g/mol. The number of urea groups is 1. The Hall–Kier alpha value is -2.29. The van der Waals surface area contributed by atoms with Crippen LogP contribution in [0.25, 0.3) is 0 Å². The fourth-order valence-electron chi connectivity index (χ4n) is 2.37. The molecule has 1 aromatic carbocycles. The van der Waals surface area contributed by atoms with Crippen LogP contribution in [-0.4, -0.2) is 35.9 Å². The SMILES string of the molecule is CC(C)c1noc(CCCNC(=O)Nc2cc3c(cc2Br)OCCO3)n1. The zero-order chi connectivity index (χ0) is 18.5. The zero-order valence-electron chi connectivity index (χ0n) is 14.7. The number of nitrogens with zero attached hydrogens (tertiary/aromatic N) is 2. The molecule has 0 saturated carbocycles. The highest BCUT2D eigenvalue weighted by atomic mass is 79.9. The lowest BCUT2D eigenvalue weighted by molar-refractivity contribution is 0.171. The van der Waals surface area contributed by atoms with Crippen LogP contribution in [0.1, 0.15) is 37.9 Å². The molecule has 1 aliphatic heterocycles. The van der Waals surface area contributed by atoms with Gasteiger partial charge < -0.3 is 24.6 Å². The predicted molar refractivity (Wildman–Crippen MR) is 98.9 cm³/mol. The summed E-state index contributed by atoms with van der Waals surface area (Å²) in [6.07, 6.45) is 1.32. The Balaban J connectivity index is 1.45. The summed E-state index contributed by atoms with van der Waals surface area (Å²) in [6, 6.07) is 3.23. The first-order valence-electron chi connectivity index (χ1n) is 8.49. The maximum atomic E-state index is 12.1. The van der Waals surface area contributed by atoms with E-state index in [1.54, 1.807) is 12.1 Å². The largest absolute Gasteiger partial charge is 0.486 e. The van der Waals surface area contributed by atoms with Gasteiger partial charge in [-0.2, -0.15) is 4.98 Å². The number of fused-ring (bicyclic) bond motifs is 1. The number of halogens is 1. The summed E-state index contributed by atoms with van der Waals surface area (Å²) in [6.45, 7) is 5.53. The Morgan fingerprint density at radius 2 is 2.00 bits per heavy atom. The average Bonchev–Trinajstić information content (AvgIpc) is 3.09. The summed E-state index contributed by atoms with van der Waals surface area (Å²) in [5.41, 5.74) is 0.616. The molecule has 0 unspecified atom stereocenters. The first-order valence-corrected chi connectivity index (χ1v) is 9.28. The normalized spacial score (nSPS) is 12.9. The number of aryl methyl sites for hydroxylation is 1. The summed E-state index contributed by atoms with van der Waals surface area (Å²) in [5.74, 6) is 2.81. The van der Waals surface area contributed by atoms with Gasteiger partial charge in [-0.3, -0.25) is 0 Å². The molecule has 8 nitrogen and oxygen atoms in total. The van der Waals surface area contributed by atoms with Crippen LogP contribution in [0.15, 0.2) is 21.1 Å². The Kier molecular flexibility index (Phi) is 5.97. The van der Waals surface area contributed by atoms with Crippen LogP contribution in [0.3, 0.4) is 0 Å². The average molecular weight is 425 g/mol. The second-order valence-electron chi connectivity index (χ2n) is 6.16. The van der Waals surface area contributed by atoms with Gasteiger partial charge in [0.15, 0.2) is 17.3 Å². The van der Waals surface area contributed by atoms with E-state index < -0.39 is 0 Å². The van der Waals surface area contributed by atoms with Gasteiger partial charge in [0.05, 0.1) is 5.69 Å². The lowest BCUT2D eigenvalue weighted by Gasteiger charge is -2.20. The van der Waals surface area contributed by atoms with Gasteiger partial charge in [-0.05, 0) is 22.4 Å². The van der Waals surface area contributed by atoms with Gasteiger partial charge in [-0.25, -0.2) is 4.79 Å². The molecule has 0 spiro atoms. The molecule has 140 valence electrons. The van der Waals surface area contributed by atoms with Crippen LogP contribution in [0, 0.1) is 0 Å². The molecule has 1 aromatic heterocycles. The Morgan fingerprint density at radius 1 is 1.27 bits per heavy atom. The number of hydrogen-bond acceptors (Lipinski definition) is 6. The minimum atomic E-state index is -0.296. The number of hydrogen-bond donors (Lipinski definition) is 2. The predicted octanol–water partition coefficient (Wildman–Crippen LogP) is 3.48. The molecule has 9 heteroatoms. The number of amides is 2. The highest BCUT2D eigenvalue weighted by molar-refractivity contribution is 9.10. The second kappa shape index (κ2) is 8.39. The summed E-state index contributed by atoms with van der Waals surface area (Å²) in [7, 11) is 0. The number of anilines is 1. The van der Waals surface area contributed by atoms with Crippen molar-refractivity contribution in [3.05, 3.63) is 28.3 Å². The Morgan fingerprint density at radius 3 is 2.69 bits per heavy atom. The monoisotopic (exact) mass is 424 g/mol. The highest BCUT2D eigenvalue weighted by Crippen LogP contribution is 2.38. The standard InChI is InChI=1S/C17H21BrN4O4/c1-10(2)16-21-15(26-22-16)4-3-5-19-17(23)20-12-9-14-13(8-11(12)18)24-6-7-25-14/h8-10H,3-7H2,1-2H3,(H2,19,20,23). The first-order chi connectivity index (χ1) is 12.5. The molecule has 2 heterocycles. The van der Waals surface area contributed by atoms with Crippen molar-refractivity contribution in [1.29, 1.82) is 0 Å². The van der Waals surface area contributed by atoms with Crippen molar-refractivity contribution in [2.24, 2.45) is 0 Å². The third-order valence-corrected chi connectivity index (χ3v) is 4.39. The molecule has 0 fully saturated rings. The molecule has 3 rings (SSSR count). The van der Waals surface area contributed by atoms with E-state index in [9.17, 15) is 4.79 Å². The van der Waals surface area contributed by atoms with E-state index in [2.05, 4.69) is 36.7 Å². The molecule has 0 bridgehead atoms. The fourth-order valence-corrected chi connectivity index (χ4v) is 2.79. The molecular formula is C17H21BrN4O4. The number of rotatable bonds is 6. The van der Waals surface area contributed by atoms with E-state index in [0.717, 1.165) is 4.47 Å². The maximum Gasteiger partial charge on any atom is 0.319 e. The Bertz CT molecular complexity index is 778. The first kappa shape index (κ1) is 18.5. The van der Waals surface area contributed by atoms with Crippen LogP contribution in [0.4, 0.5) is 10.5 Å². The quantitative estimate of drug-likeness (QED) is 0.688. The highest BCUT2D eigenvalue weighted by Gasteiger charge is 2.16. The lowest BCUT2D eigenvalue weighted by Crippen LogP contribution is -2.30. The van der Waals surface area contributed by atoms with Gasteiger partial charge in [0.1, 0.15) is 13.2 Å². The van der Waals surface area contributed by atoms with Crippen LogP contribution in [0.2, 0.25) is 0 Å². The molecule has 0 radical (unpaired) electrons. The van der Waals surface area contributed by atoms with E-state index in [-0.39, 0.29) is 11.9 Å². The van der Waals surface area contributed by atoms with Crippen molar-refractivity contribution in [1.82, 2.24) is 15.5 Å². The van der Waals surface area contributed by atoms with Crippen molar-refractivity contribution >= 4 is 27.6 Å².